The summed E-state index contributed by atoms with van der Waals surface area (Å²) in [5, 5.41) is 2.42. The van der Waals surface area contributed by atoms with E-state index in [0.29, 0.717) is 5.92 Å². The van der Waals surface area contributed by atoms with E-state index >= 15 is 0 Å². The average Bonchev–Trinajstić information content (AvgIpc) is 3.54. The maximum Gasteiger partial charge on any atom is 0.147 e. The molecule has 43 heavy (non-hydrogen) atoms. The number of benzene rings is 3. The number of hydrogen-bond acceptors (Lipinski definition) is 4. The van der Waals surface area contributed by atoms with Crippen molar-refractivity contribution in [1.29, 1.82) is 0 Å². The Morgan fingerprint density at radius 3 is 2.33 bits per heavy atom. The Balaban J connectivity index is 1.53. The third-order valence-corrected chi connectivity index (χ3v) is 9.49. The molecule has 7 rings (SSSR count). The zero-order valence-electron chi connectivity index (χ0n) is 25.9. The van der Waals surface area contributed by atoms with Gasteiger partial charge in [-0.15, -0.1) is 11.3 Å². The molecular formula is C38H36N4S. The molecule has 0 bridgehead atoms. The van der Waals surface area contributed by atoms with Gasteiger partial charge in [-0.05, 0) is 72.2 Å². The molecule has 4 aromatic heterocycles. The Morgan fingerprint density at radius 2 is 1.58 bits per heavy atom. The fourth-order valence-electron chi connectivity index (χ4n) is 6.02. The third kappa shape index (κ3) is 4.72. The van der Waals surface area contributed by atoms with Crippen LogP contribution in [0.15, 0.2) is 85.1 Å². The van der Waals surface area contributed by atoms with Crippen LogP contribution in [-0.2, 0) is 5.41 Å². The number of thiophene rings is 1. The second-order valence-electron chi connectivity index (χ2n) is 12.9. The Hall–Kier alpha value is -4.35. The molecule has 0 saturated carbocycles. The van der Waals surface area contributed by atoms with Crippen LogP contribution in [0.2, 0.25) is 0 Å². The van der Waals surface area contributed by atoms with Crippen LogP contribution in [0.3, 0.4) is 0 Å². The van der Waals surface area contributed by atoms with E-state index in [4.69, 9.17) is 15.0 Å². The molecule has 4 heterocycles. The molecule has 0 amide bonds. The van der Waals surface area contributed by atoms with Crippen molar-refractivity contribution in [3.63, 3.8) is 0 Å². The van der Waals surface area contributed by atoms with Gasteiger partial charge in [-0.2, -0.15) is 0 Å². The van der Waals surface area contributed by atoms with Crippen LogP contribution >= 0.6 is 11.3 Å². The number of imidazole rings is 1. The monoisotopic (exact) mass is 580 g/mol. The molecule has 0 fully saturated rings. The topological polar surface area (TPSA) is 43.6 Å². The zero-order valence-corrected chi connectivity index (χ0v) is 26.7. The summed E-state index contributed by atoms with van der Waals surface area (Å²) in [5.74, 6) is 1.36. The van der Waals surface area contributed by atoms with E-state index in [0.717, 1.165) is 44.3 Å². The quantitative estimate of drug-likeness (QED) is 0.208. The number of pyridine rings is 2. The Kier molecular flexibility index (Phi) is 6.48. The molecular weight excluding hydrogens is 545 g/mol. The molecule has 0 aliphatic carbocycles. The zero-order chi connectivity index (χ0) is 30.0. The van der Waals surface area contributed by atoms with Crippen molar-refractivity contribution in [3.05, 3.63) is 108 Å². The van der Waals surface area contributed by atoms with Gasteiger partial charge in [0, 0.05) is 38.5 Å². The van der Waals surface area contributed by atoms with Crippen LogP contribution in [0.25, 0.3) is 59.5 Å². The number of nitrogens with zero attached hydrogens (tertiary/aromatic N) is 4. The number of fused-ring (bicyclic) bond motifs is 4. The summed E-state index contributed by atoms with van der Waals surface area (Å²) in [4.78, 5) is 16.1. The van der Waals surface area contributed by atoms with Gasteiger partial charge in [0.2, 0.25) is 0 Å². The van der Waals surface area contributed by atoms with Crippen molar-refractivity contribution in [2.24, 2.45) is 0 Å². The summed E-state index contributed by atoms with van der Waals surface area (Å²) in [6.45, 7) is 15.4. The fraction of sp³-hybridized carbons (Fsp3) is 0.237. The maximum atomic E-state index is 5.28. The smallest absolute Gasteiger partial charge is 0.147 e. The largest absolute Gasteiger partial charge is 0.292 e. The van der Waals surface area contributed by atoms with Gasteiger partial charge < -0.3 is 0 Å². The first-order valence-electron chi connectivity index (χ1n) is 15.0. The number of aromatic nitrogens is 4. The first-order chi connectivity index (χ1) is 20.6. The Bertz CT molecular complexity index is 2160. The van der Waals surface area contributed by atoms with Crippen LogP contribution in [0.4, 0.5) is 0 Å². The van der Waals surface area contributed by atoms with Gasteiger partial charge in [-0.3, -0.25) is 9.55 Å². The minimum absolute atomic E-state index is 0.0173. The summed E-state index contributed by atoms with van der Waals surface area (Å²) in [6, 6.07) is 28.8. The minimum Gasteiger partial charge on any atom is -0.292 e. The van der Waals surface area contributed by atoms with Gasteiger partial charge in [0.15, 0.2) is 0 Å². The van der Waals surface area contributed by atoms with Crippen LogP contribution in [0.5, 0.6) is 0 Å². The second-order valence-corrected chi connectivity index (χ2v) is 14.0. The second kappa shape index (κ2) is 10.1. The van der Waals surface area contributed by atoms with Gasteiger partial charge in [-0.1, -0.05) is 83.1 Å². The summed E-state index contributed by atoms with van der Waals surface area (Å²) >= 11 is 1.76. The third-order valence-electron chi connectivity index (χ3n) is 8.41. The van der Waals surface area contributed by atoms with Crippen molar-refractivity contribution < 1.29 is 0 Å². The lowest BCUT2D eigenvalue weighted by Gasteiger charge is -2.23. The van der Waals surface area contributed by atoms with E-state index in [2.05, 4.69) is 132 Å². The highest BCUT2D eigenvalue weighted by Gasteiger charge is 2.23. The SMILES string of the molecule is Cc1cc2c(nc(-c3cnc4sc5cc(C(C)C)ccc5c4c3)n2-c2ccc(C(C)(C)C)cc2-c2ccccc2)c(C)n1. The standard InChI is InChI=1S/C38H36N4S/c1-22(2)26-13-15-29-31-18-27(21-39-37(31)43-34(29)19-26)36-41-35-24(4)40-23(3)17-33(35)42(36)32-16-14-28(38(5,6)7)20-30(32)25-11-9-8-10-12-25/h8-22H,1-7H3. The molecule has 3 aromatic carbocycles. The first-order valence-corrected chi connectivity index (χ1v) is 15.8. The molecule has 5 heteroatoms. The van der Waals surface area contributed by atoms with E-state index in [1.54, 1.807) is 11.3 Å². The van der Waals surface area contributed by atoms with Crippen LogP contribution < -0.4 is 0 Å². The van der Waals surface area contributed by atoms with Crippen molar-refractivity contribution in [1.82, 2.24) is 19.5 Å². The average molecular weight is 581 g/mol. The maximum absolute atomic E-state index is 5.28. The summed E-state index contributed by atoms with van der Waals surface area (Å²) < 4.78 is 3.60. The molecule has 0 spiro atoms. The molecule has 0 saturated heterocycles. The minimum atomic E-state index is 0.0173. The lowest BCUT2D eigenvalue weighted by atomic mass is 9.85. The lowest BCUT2D eigenvalue weighted by Crippen LogP contribution is -2.12. The van der Waals surface area contributed by atoms with Crippen LogP contribution in [0.1, 0.15) is 63.1 Å². The highest BCUT2D eigenvalue weighted by Crippen LogP contribution is 2.40. The van der Waals surface area contributed by atoms with E-state index in [9.17, 15) is 0 Å². The van der Waals surface area contributed by atoms with E-state index in [1.807, 2.05) is 6.20 Å². The molecule has 0 N–H and O–H groups in total. The Labute approximate surface area is 257 Å². The molecule has 4 nitrogen and oxygen atoms in total. The summed E-state index contributed by atoms with van der Waals surface area (Å²) in [7, 11) is 0. The molecule has 214 valence electrons. The predicted octanol–water partition coefficient (Wildman–Crippen LogP) is 10.6. The van der Waals surface area contributed by atoms with Gasteiger partial charge in [-0.25, -0.2) is 9.97 Å². The van der Waals surface area contributed by atoms with Gasteiger partial charge in [0.05, 0.1) is 16.9 Å². The normalized spacial score (nSPS) is 12.3. The number of hydrogen-bond donors (Lipinski definition) is 0. The first kappa shape index (κ1) is 27.5. The predicted molar refractivity (Wildman–Crippen MR) is 183 cm³/mol. The number of aryl methyl sites for hydroxylation is 2. The van der Waals surface area contributed by atoms with Crippen LogP contribution in [-0.4, -0.2) is 19.5 Å². The molecule has 7 aromatic rings. The van der Waals surface area contributed by atoms with Crippen LogP contribution in [0, 0.1) is 13.8 Å². The van der Waals surface area contributed by atoms with E-state index in [1.165, 1.54) is 37.7 Å². The fourth-order valence-corrected chi connectivity index (χ4v) is 7.10. The molecule has 0 aliphatic heterocycles. The summed E-state index contributed by atoms with van der Waals surface area (Å²) in [5.41, 5.74) is 11.0. The van der Waals surface area contributed by atoms with Gasteiger partial charge in [0.1, 0.15) is 16.2 Å². The van der Waals surface area contributed by atoms with Crippen molar-refractivity contribution in [3.8, 4) is 28.2 Å². The Morgan fingerprint density at radius 1 is 0.791 bits per heavy atom. The summed E-state index contributed by atoms with van der Waals surface area (Å²) in [6.07, 6.45) is 1.99. The molecule has 0 aliphatic rings. The van der Waals surface area contributed by atoms with E-state index in [-0.39, 0.29) is 5.41 Å². The lowest BCUT2D eigenvalue weighted by molar-refractivity contribution is 0.590. The molecule has 0 unspecified atom stereocenters. The van der Waals surface area contributed by atoms with E-state index < -0.39 is 0 Å². The van der Waals surface area contributed by atoms with Gasteiger partial charge >= 0.3 is 0 Å². The highest BCUT2D eigenvalue weighted by atomic mass is 32.1. The van der Waals surface area contributed by atoms with Crippen molar-refractivity contribution in [2.75, 3.05) is 0 Å². The van der Waals surface area contributed by atoms with Crippen molar-refractivity contribution in [2.45, 2.75) is 59.8 Å². The van der Waals surface area contributed by atoms with Gasteiger partial charge in [0.25, 0.3) is 0 Å². The van der Waals surface area contributed by atoms with Crippen molar-refractivity contribution >= 4 is 42.7 Å². The number of rotatable bonds is 4. The highest BCUT2D eigenvalue weighted by molar-refractivity contribution is 7.25. The molecule has 0 radical (unpaired) electrons. The molecule has 0 atom stereocenters.